The Balaban J connectivity index is 2.25. The number of imide groups is 1. The average molecular weight is 764 g/mol. The summed E-state index contributed by atoms with van der Waals surface area (Å²) in [6.07, 6.45) is 31.9. The standard InChI is InChI=1S/C45H81NO8/c1-5-39(6-2)27-23-19-15-11-9-13-17-21-25-29-44(49)53-38-41(37-52-36-35-51-34-33-46-42(47)31-32-43(46)48)54-45(50)30-26-22-18-14-10-12-16-20-24-28-40(7-3)8-4/h31-32,39-41H,5-30,33-38H2,1-4H3. The van der Waals surface area contributed by atoms with Gasteiger partial charge in [0, 0.05) is 25.0 Å². The molecule has 0 saturated carbocycles. The van der Waals surface area contributed by atoms with Gasteiger partial charge in [-0.3, -0.25) is 24.1 Å². The minimum Gasteiger partial charge on any atom is -0.462 e. The molecule has 1 aliphatic heterocycles. The second-order valence-corrected chi connectivity index (χ2v) is 15.4. The molecule has 0 spiro atoms. The number of esters is 2. The zero-order valence-electron chi connectivity index (χ0n) is 35.2. The Labute approximate surface area is 330 Å². The first-order valence-electron chi connectivity index (χ1n) is 22.4. The van der Waals surface area contributed by atoms with Gasteiger partial charge in [0.1, 0.15) is 6.61 Å². The summed E-state index contributed by atoms with van der Waals surface area (Å²) in [5.74, 6) is 0.553. The Morgan fingerprint density at radius 3 is 1.39 bits per heavy atom. The Bertz CT molecular complexity index is 959. The highest BCUT2D eigenvalue weighted by Crippen LogP contribution is 2.20. The van der Waals surface area contributed by atoms with Gasteiger partial charge in [-0.2, -0.15) is 0 Å². The summed E-state index contributed by atoms with van der Waals surface area (Å²) in [6, 6.07) is 0. The molecule has 314 valence electrons. The van der Waals surface area contributed by atoms with Crippen LogP contribution >= 0.6 is 0 Å². The lowest BCUT2D eigenvalue weighted by Gasteiger charge is -2.18. The molecule has 1 rings (SSSR count). The molecule has 1 heterocycles. The van der Waals surface area contributed by atoms with Crippen LogP contribution in [-0.4, -0.2) is 74.3 Å². The quantitative estimate of drug-likeness (QED) is 0.0346. The number of hydrogen-bond donors (Lipinski definition) is 0. The maximum Gasteiger partial charge on any atom is 0.306 e. The van der Waals surface area contributed by atoms with Gasteiger partial charge in [0.15, 0.2) is 6.10 Å². The van der Waals surface area contributed by atoms with Gasteiger partial charge in [-0.15, -0.1) is 0 Å². The molecule has 0 saturated heterocycles. The van der Waals surface area contributed by atoms with Crippen LogP contribution in [0.15, 0.2) is 12.2 Å². The van der Waals surface area contributed by atoms with E-state index < -0.39 is 6.10 Å². The largest absolute Gasteiger partial charge is 0.462 e. The van der Waals surface area contributed by atoms with Gasteiger partial charge in [0.05, 0.1) is 33.0 Å². The van der Waals surface area contributed by atoms with E-state index in [-0.39, 0.29) is 63.3 Å². The van der Waals surface area contributed by atoms with Crippen molar-refractivity contribution in [3.05, 3.63) is 12.2 Å². The second kappa shape index (κ2) is 35.2. The summed E-state index contributed by atoms with van der Waals surface area (Å²) in [5, 5.41) is 0. The number of nitrogens with zero attached hydrogens (tertiary/aromatic N) is 1. The lowest BCUT2D eigenvalue weighted by Crippen LogP contribution is -2.33. The van der Waals surface area contributed by atoms with Crippen LogP contribution in [0.5, 0.6) is 0 Å². The summed E-state index contributed by atoms with van der Waals surface area (Å²) >= 11 is 0. The Hall–Kier alpha value is -2.26. The summed E-state index contributed by atoms with van der Waals surface area (Å²) in [6.45, 7) is 10.1. The molecule has 0 N–H and O–H groups in total. The van der Waals surface area contributed by atoms with E-state index >= 15 is 0 Å². The molecule has 0 radical (unpaired) electrons. The molecular formula is C45H81NO8. The molecule has 1 atom stereocenters. The lowest BCUT2D eigenvalue weighted by molar-refractivity contribution is -0.163. The number of carbonyl (C=O) groups excluding carboxylic acids is 4. The van der Waals surface area contributed by atoms with Crippen LogP contribution in [0.2, 0.25) is 0 Å². The van der Waals surface area contributed by atoms with E-state index in [0.29, 0.717) is 12.8 Å². The molecule has 1 unspecified atom stereocenters. The minimum absolute atomic E-state index is 0.0353. The number of rotatable bonds is 39. The van der Waals surface area contributed by atoms with Crippen LogP contribution in [-0.2, 0) is 38.1 Å². The maximum atomic E-state index is 12.7. The van der Waals surface area contributed by atoms with E-state index in [4.69, 9.17) is 18.9 Å². The van der Waals surface area contributed by atoms with Gasteiger partial charge in [0.2, 0.25) is 0 Å². The fourth-order valence-corrected chi connectivity index (χ4v) is 7.13. The van der Waals surface area contributed by atoms with E-state index in [9.17, 15) is 19.2 Å². The van der Waals surface area contributed by atoms with Gasteiger partial charge in [-0.1, -0.05) is 169 Å². The van der Waals surface area contributed by atoms with E-state index in [2.05, 4.69) is 27.7 Å². The van der Waals surface area contributed by atoms with Crippen molar-refractivity contribution in [3.63, 3.8) is 0 Å². The number of unbranched alkanes of at least 4 members (excludes halogenated alkanes) is 16. The molecule has 0 aliphatic carbocycles. The Morgan fingerprint density at radius 2 is 0.926 bits per heavy atom. The SMILES string of the molecule is CCC(CC)CCCCCCCCCCCC(=O)OCC(COCCOCCN1C(=O)C=CC1=O)OC(=O)CCCCCCCCCCCC(CC)CC. The summed E-state index contributed by atoms with van der Waals surface area (Å²) in [5.41, 5.74) is 0. The lowest BCUT2D eigenvalue weighted by atomic mass is 9.95. The van der Waals surface area contributed by atoms with Crippen LogP contribution in [0.3, 0.4) is 0 Å². The minimum atomic E-state index is -0.688. The van der Waals surface area contributed by atoms with Crippen molar-refractivity contribution in [3.8, 4) is 0 Å². The number of amides is 2. The van der Waals surface area contributed by atoms with Crippen molar-refractivity contribution in [2.75, 3.05) is 39.6 Å². The van der Waals surface area contributed by atoms with Crippen molar-refractivity contribution < 1.29 is 38.1 Å². The third-order valence-electron chi connectivity index (χ3n) is 11.1. The van der Waals surface area contributed by atoms with Crippen LogP contribution in [0.25, 0.3) is 0 Å². The molecule has 9 nitrogen and oxygen atoms in total. The average Bonchev–Trinajstić information content (AvgIpc) is 3.49. The first-order chi connectivity index (χ1) is 26.3. The predicted molar refractivity (Wildman–Crippen MR) is 218 cm³/mol. The van der Waals surface area contributed by atoms with Crippen molar-refractivity contribution in [2.24, 2.45) is 11.8 Å². The van der Waals surface area contributed by atoms with Gasteiger partial charge in [-0.05, 0) is 24.7 Å². The molecular weight excluding hydrogens is 682 g/mol. The number of ether oxygens (including phenoxy) is 4. The van der Waals surface area contributed by atoms with Crippen molar-refractivity contribution in [2.45, 2.75) is 201 Å². The molecule has 2 amide bonds. The van der Waals surface area contributed by atoms with E-state index in [1.807, 2.05) is 0 Å². The fourth-order valence-electron chi connectivity index (χ4n) is 7.13. The smallest absolute Gasteiger partial charge is 0.306 e. The topological polar surface area (TPSA) is 108 Å². The highest BCUT2D eigenvalue weighted by atomic mass is 16.6. The van der Waals surface area contributed by atoms with Crippen molar-refractivity contribution >= 4 is 23.8 Å². The highest BCUT2D eigenvalue weighted by molar-refractivity contribution is 6.12. The van der Waals surface area contributed by atoms with E-state index in [1.165, 1.54) is 128 Å². The van der Waals surface area contributed by atoms with Crippen LogP contribution < -0.4 is 0 Å². The molecule has 9 heteroatoms. The Kier molecular flexibility index (Phi) is 32.4. The number of carbonyl (C=O) groups is 4. The first kappa shape index (κ1) is 49.8. The Morgan fingerprint density at radius 1 is 0.519 bits per heavy atom. The zero-order valence-corrected chi connectivity index (χ0v) is 35.2. The van der Waals surface area contributed by atoms with E-state index in [0.717, 1.165) is 55.3 Å². The monoisotopic (exact) mass is 764 g/mol. The van der Waals surface area contributed by atoms with Crippen molar-refractivity contribution in [1.82, 2.24) is 4.90 Å². The van der Waals surface area contributed by atoms with Crippen molar-refractivity contribution in [1.29, 1.82) is 0 Å². The van der Waals surface area contributed by atoms with Crippen LogP contribution in [0, 0.1) is 11.8 Å². The molecule has 0 fully saturated rings. The summed E-state index contributed by atoms with van der Waals surface area (Å²) in [7, 11) is 0. The molecule has 54 heavy (non-hydrogen) atoms. The molecule has 1 aliphatic rings. The second-order valence-electron chi connectivity index (χ2n) is 15.4. The molecule has 0 bridgehead atoms. The van der Waals surface area contributed by atoms with Gasteiger partial charge < -0.3 is 18.9 Å². The fraction of sp³-hybridized carbons (Fsp3) is 0.867. The van der Waals surface area contributed by atoms with E-state index in [1.54, 1.807) is 0 Å². The molecule has 0 aromatic carbocycles. The third-order valence-corrected chi connectivity index (χ3v) is 11.1. The zero-order chi connectivity index (χ0) is 39.5. The highest BCUT2D eigenvalue weighted by Gasteiger charge is 2.22. The van der Waals surface area contributed by atoms with Crippen LogP contribution in [0.1, 0.15) is 195 Å². The normalized spacial score (nSPS) is 13.5. The molecule has 0 aromatic rings. The maximum absolute atomic E-state index is 12.7. The predicted octanol–water partition coefficient (Wildman–Crippen LogP) is 10.9. The third kappa shape index (κ3) is 27.3. The number of hydrogen-bond acceptors (Lipinski definition) is 8. The first-order valence-corrected chi connectivity index (χ1v) is 22.4. The van der Waals surface area contributed by atoms with Gasteiger partial charge in [0.25, 0.3) is 11.8 Å². The molecule has 0 aromatic heterocycles. The van der Waals surface area contributed by atoms with Gasteiger partial charge >= 0.3 is 11.9 Å². The van der Waals surface area contributed by atoms with Crippen LogP contribution in [0.4, 0.5) is 0 Å². The summed E-state index contributed by atoms with van der Waals surface area (Å²) in [4.78, 5) is 49.6. The van der Waals surface area contributed by atoms with Gasteiger partial charge in [-0.25, -0.2) is 0 Å². The summed E-state index contributed by atoms with van der Waals surface area (Å²) < 4.78 is 22.4.